The first-order valence-corrected chi connectivity index (χ1v) is 11.9. The lowest BCUT2D eigenvalue weighted by Gasteiger charge is -2.45. The second-order valence-electron chi connectivity index (χ2n) is 9.59. The van der Waals surface area contributed by atoms with Crippen molar-refractivity contribution < 1.29 is 9.90 Å². The minimum absolute atomic E-state index is 0.0195. The van der Waals surface area contributed by atoms with Gasteiger partial charge in [-0.25, -0.2) is 0 Å². The van der Waals surface area contributed by atoms with E-state index in [1.807, 2.05) is 24.3 Å². The molecule has 1 aliphatic carbocycles. The Bertz CT molecular complexity index is 1040. The predicted octanol–water partition coefficient (Wildman–Crippen LogP) is 4.51. The van der Waals surface area contributed by atoms with Crippen molar-refractivity contribution in [1.82, 2.24) is 4.90 Å². The smallest absolute Gasteiger partial charge is 0.226 e. The molecular weight excluding hydrogens is 398 g/mol. The Morgan fingerprint density at radius 2 is 1.78 bits per heavy atom. The summed E-state index contributed by atoms with van der Waals surface area (Å²) < 4.78 is 0. The Kier molecular flexibility index (Phi) is 5.65. The molecule has 5 rings (SSSR count). The van der Waals surface area contributed by atoms with E-state index in [2.05, 4.69) is 41.1 Å². The van der Waals surface area contributed by atoms with Gasteiger partial charge in [0.05, 0.1) is 30.3 Å². The third-order valence-electron chi connectivity index (χ3n) is 7.93. The lowest BCUT2D eigenvalue weighted by atomic mass is 9.80. The Morgan fingerprint density at radius 3 is 2.47 bits per heavy atom. The van der Waals surface area contributed by atoms with Gasteiger partial charge in [-0.1, -0.05) is 37.5 Å². The van der Waals surface area contributed by atoms with E-state index in [1.54, 1.807) is 0 Å². The Morgan fingerprint density at radius 1 is 1.06 bits per heavy atom. The van der Waals surface area contributed by atoms with Crippen molar-refractivity contribution in [2.24, 2.45) is 11.8 Å². The highest BCUT2D eigenvalue weighted by Crippen LogP contribution is 2.50. The summed E-state index contributed by atoms with van der Waals surface area (Å²) in [5.74, 6) is 0.703. The van der Waals surface area contributed by atoms with Crippen LogP contribution in [0.1, 0.15) is 55.7 Å². The summed E-state index contributed by atoms with van der Waals surface area (Å²) in [7, 11) is 2.06. The van der Waals surface area contributed by atoms with Crippen LogP contribution >= 0.6 is 0 Å². The van der Waals surface area contributed by atoms with Crippen molar-refractivity contribution in [1.29, 1.82) is 5.26 Å². The van der Waals surface area contributed by atoms with Gasteiger partial charge in [0.25, 0.3) is 0 Å². The molecule has 166 valence electrons. The van der Waals surface area contributed by atoms with Crippen LogP contribution in [0.25, 0.3) is 11.1 Å². The van der Waals surface area contributed by atoms with Crippen molar-refractivity contribution in [2.45, 2.75) is 50.6 Å². The van der Waals surface area contributed by atoms with E-state index in [4.69, 9.17) is 5.26 Å². The number of likely N-dealkylation sites (N-methyl/N-ethyl adjacent to an activating group) is 1. The number of amides is 1. The Labute approximate surface area is 190 Å². The molecule has 1 saturated carbocycles. The van der Waals surface area contributed by atoms with Crippen LogP contribution in [0.15, 0.2) is 42.5 Å². The van der Waals surface area contributed by atoms with E-state index >= 15 is 0 Å². The first-order chi connectivity index (χ1) is 15.6. The molecule has 1 N–H and O–H groups in total. The summed E-state index contributed by atoms with van der Waals surface area (Å²) >= 11 is 0. The van der Waals surface area contributed by atoms with Gasteiger partial charge in [0.1, 0.15) is 0 Å². The highest BCUT2D eigenvalue weighted by atomic mass is 16.3. The van der Waals surface area contributed by atoms with E-state index in [9.17, 15) is 9.90 Å². The van der Waals surface area contributed by atoms with Gasteiger partial charge in [0.15, 0.2) is 0 Å². The van der Waals surface area contributed by atoms with Crippen molar-refractivity contribution >= 4 is 11.6 Å². The van der Waals surface area contributed by atoms with Crippen LogP contribution in [0.2, 0.25) is 0 Å². The fourth-order valence-electron chi connectivity index (χ4n) is 6.20. The van der Waals surface area contributed by atoms with Crippen LogP contribution in [0.4, 0.5) is 5.69 Å². The van der Waals surface area contributed by atoms with Crippen molar-refractivity contribution in [3.8, 4) is 17.2 Å². The predicted molar refractivity (Wildman–Crippen MR) is 125 cm³/mol. The molecule has 5 heteroatoms. The minimum atomic E-state index is 0.0195. The van der Waals surface area contributed by atoms with Crippen LogP contribution < -0.4 is 4.90 Å². The molecule has 0 unspecified atom stereocenters. The number of aliphatic hydroxyl groups excluding tert-OH is 1. The SMILES string of the molecule is CN1c2ccc(-c3ccc(C#N)cc3)cc2[C@@H]2[C@@H](CCN2C(=O)C2CCCCC2)[C@H]1CO. The third-order valence-corrected chi connectivity index (χ3v) is 7.93. The number of carbonyl (C=O) groups is 1. The summed E-state index contributed by atoms with van der Waals surface area (Å²) in [6.45, 7) is 0.871. The van der Waals surface area contributed by atoms with Crippen LogP contribution in [0.3, 0.4) is 0 Å². The maximum absolute atomic E-state index is 13.6. The van der Waals surface area contributed by atoms with E-state index in [1.165, 1.54) is 12.0 Å². The van der Waals surface area contributed by atoms with Crippen molar-refractivity contribution in [3.63, 3.8) is 0 Å². The van der Waals surface area contributed by atoms with Crippen LogP contribution in [0.5, 0.6) is 0 Å². The number of benzene rings is 2. The average Bonchev–Trinajstić information content (AvgIpc) is 3.29. The number of hydrogen-bond acceptors (Lipinski definition) is 4. The van der Waals surface area contributed by atoms with Gasteiger partial charge in [0, 0.05) is 31.1 Å². The number of nitrogens with zero attached hydrogens (tertiary/aromatic N) is 3. The van der Waals surface area contributed by atoms with Gasteiger partial charge in [-0.15, -0.1) is 0 Å². The molecule has 2 aliphatic heterocycles. The molecule has 2 aromatic rings. The Hall–Kier alpha value is -2.84. The zero-order chi connectivity index (χ0) is 22.2. The fourth-order valence-corrected chi connectivity index (χ4v) is 6.20. The normalized spacial score (nSPS) is 25.2. The number of aliphatic hydroxyl groups is 1. The van der Waals surface area contributed by atoms with Gasteiger partial charge in [-0.3, -0.25) is 4.79 Å². The summed E-state index contributed by atoms with van der Waals surface area (Å²) in [5, 5.41) is 19.3. The molecule has 1 amide bonds. The number of nitriles is 1. The van der Waals surface area contributed by atoms with E-state index in [0.29, 0.717) is 11.5 Å². The fraction of sp³-hybridized carbons (Fsp3) is 0.481. The van der Waals surface area contributed by atoms with Crippen molar-refractivity contribution in [3.05, 3.63) is 53.6 Å². The first-order valence-electron chi connectivity index (χ1n) is 11.9. The number of rotatable bonds is 3. The molecule has 0 bridgehead atoms. The monoisotopic (exact) mass is 429 g/mol. The average molecular weight is 430 g/mol. The quantitative estimate of drug-likeness (QED) is 0.780. The van der Waals surface area contributed by atoms with Crippen LogP contribution in [0, 0.1) is 23.2 Å². The topological polar surface area (TPSA) is 67.6 Å². The number of anilines is 1. The molecule has 0 aromatic heterocycles. The van der Waals surface area contributed by atoms with Gasteiger partial charge >= 0.3 is 0 Å². The standard InChI is InChI=1S/C27H31N3O2/c1-29-24-12-11-21(19-9-7-18(16-28)8-10-19)15-23(24)26-22(25(29)17-31)13-14-30(26)27(32)20-5-3-2-4-6-20/h7-12,15,20,22,25-26,31H,2-6,13-14,17H2,1H3/t22-,25+,26-/m0/s1. The summed E-state index contributed by atoms with van der Waals surface area (Å²) in [4.78, 5) is 17.9. The van der Waals surface area contributed by atoms with Crippen molar-refractivity contribution in [2.75, 3.05) is 25.1 Å². The molecule has 3 atom stereocenters. The van der Waals surface area contributed by atoms with E-state index in [0.717, 1.165) is 55.5 Å². The largest absolute Gasteiger partial charge is 0.394 e. The first kappa shape index (κ1) is 21.0. The second kappa shape index (κ2) is 8.60. The zero-order valence-corrected chi connectivity index (χ0v) is 18.7. The summed E-state index contributed by atoms with van der Waals surface area (Å²) in [6, 6.07) is 16.4. The van der Waals surface area contributed by atoms with Crippen LogP contribution in [-0.2, 0) is 4.79 Å². The lowest BCUT2D eigenvalue weighted by molar-refractivity contribution is -0.138. The van der Waals surface area contributed by atoms with Gasteiger partial charge < -0.3 is 14.9 Å². The number of hydrogen-bond donors (Lipinski definition) is 1. The molecule has 1 saturated heterocycles. The molecule has 3 aliphatic rings. The molecule has 5 nitrogen and oxygen atoms in total. The highest BCUT2D eigenvalue weighted by Gasteiger charge is 2.48. The number of likely N-dealkylation sites (tertiary alicyclic amines) is 1. The van der Waals surface area contributed by atoms with Crippen LogP contribution in [-0.4, -0.2) is 42.2 Å². The molecule has 2 heterocycles. The highest BCUT2D eigenvalue weighted by molar-refractivity contribution is 5.81. The molecule has 32 heavy (non-hydrogen) atoms. The van der Waals surface area contributed by atoms with E-state index in [-0.39, 0.29) is 30.5 Å². The zero-order valence-electron chi connectivity index (χ0n) is 18.7. The summed E-state index contributed by atoms with van der Waals surface area (Å²) in [6.07, 6.45) is 6.49. The Balaban J connectivity index is 1.55. The third kappa shape index (κ3) is 3.47. The van der Waals surface area contributed by atoms with Gasteiger partial charge in [0.2, 0.25) is 5.91 Å². The van der Waals surface area contributed by atoms with Gasteiger partial charge in [-0.05, 0) is 60.2 Å². The molecule has 0 spiro atoms. The molecule has 2 aromatic carbocycles. The van der Waals surface area contributed by atoms with Gasteiger partial charge in [-0.2, -0.15) is 5.26 Å². The number of carbonyl (C=O) groups excluding carboxylic acids is 1. The minimum Gasteiger partial charge on any atom is -0.394 e. The summed E-state index contributed by atoms with van der Waals surface area (Å²) in [5.41, 5.74) is 5.10. The molecule has 0 radical (unpaired) electrons. The molecular formula is C27H31N3O2. The lowest BCUT2D eigenvalue weighted by Crippen LogP contribution is -2.49. The maximum atomic E-state index is 13.6. The molecule has 2 fully saturated rings. The van der Waals surface area contributed by atoms with E-state index < -0.39 is 0 Å². The maximum Gasteiger partial charge on any atom is 0.226 e. The second-order valence-corrected chi connectivity index (χ2v) is 9.59. The number of fused-ring (bicyclic) bond motifs is 3.